The first-order chi connectivity index (χ1) is 14.2. The molecule has 1 aromatic heterocycles. The Morgan fingerprint density at radius 2 is 1.80 bits per heavy atom. The van der Waals surface area contributed by atoms with Gasteiger partial charge in [0.05, 0.1) is 24.0 Å². The first kappa shape index (κ1) is 19.8. The van der Waals surface area contributed by atoms with Gasteiger partial charge in [-0.15, -0.1) is 0 Å². The zero-order valence-electron chi connectivity index (χ0n) is 16.3. The van der Waals surface area contributed by atoms with Crippen LogP contribution in [0.2, 0.25) is 0 Å². The fourth-order valence-electron chi connectivity index (χ4n) is 3.17. The van der Waals surface area contributed by atoms with E-state index in [4.69, 9.17) is 13.9 Å². The molecule has 1 amide bonds. The average Bonchev–Trinajstić information content (AvgIpc) is 2.69. The number of hydrogen-bond donors (Lipinski definition) is 3. The summed E-state index contributed by atoms with van der Waals surface area (Å²) in [6.07, 6.45) is -1.24. The fraction of sp³-hybridized carbons (Fsp3) is 0.273. The summed E-state index contributed by atoms with van der Waals surface area (Å²) < 4.78 is 17.0. The zero-order valence-corrected chi connectivity index (χ0v) is 16.3. The Bertz CT molecular complexity index is 1270. The summed E-state index contributed by atoms with van der Waals surface area (Å²) in [7, 11) is 0. The molecule has 154 valence electrons. The lowest BCUT2D eigenvalue weighted by Gasteiger charge is -2.40. The van der Waals surface area contributed by atoms with E-state index in [1.54, 1.807) is 32.0 Å². The number of aromatic hydroxyl groups is 1. The highest BCUT2D eigenvalue weighted by molar-refractivity contribution is 5.90. The van der Waals surface area contributed by atoms with Gasteiger partial charge in [0.25, 0.3) is 0 Å². The van der Waals surface area contributed by atoms with E-state index in [0.29, 0.717) is 22.1 Å². The fourth-order valence-corrected chi connectivity index (χ4v) is 3.17. The largest absolute Gasteiger partial charge is 0.508 e. The second kappa shape index (κ2) is 7.06. The van der Waals surface area contributed by atoms with E-state index >= 15 is 0 Å². The molecular weight excluding hydrogens is 390 g/mol. The van der Waals surface area contributed by atoms with Crippen molar-refractivity contribution < 1.29 is 28.9 Å². The molecule has 0 bridgehead atoms. The van der Waals surface area contributed by atoms with E-state index in [2.05, 4.69) is 17.2 Å². The molecule has 1 aliphatic rings. The van der Waals surface area contributed by atoms with Crippen LogP contribution < -0.4 is 10.7 Å². The van der Waals surface area contributed by atoms with E-state index in [0.717, 1.165) is 0 Å². The Hall–Kier alpha value is -3.54. The van der Waals surface area contributed by atoms with Crippen molar-refractivity contribution in [3.63, 3.8) is 0 Å². The van der Waals surface area contributed by atoms with Gasteiger partial charge in [0.1, 0.15) is 16.9 Å². The quantitative estimate of drug-likeness (QED) is 0.418. The summed E-state index contributed by atoms with van der Waals surface area (Å²) in [6, 6.07) is 9.16. The van der Waals surface area contributed by atoms with Gasteiger partial charge < -0.3 is 29.4 Å². The number of rotatable bonds is 1. The molecule has 3 N–H and O–H groups in total. The number of phenols is 1. The normalized spacial score (nSPS) is 17.3. The molecule has 2 aromatic carbocycles. The minimum atomic E-state index is -1.24. The lowest BCUT2D eigenvalue weighted by Crippen LogP contribution is -2.60. The standard InChI is InChI=1S/C22H19NO7/c1-21(2)28-11-22(12-29-21,23-20(26)27)8-7-13-3-5-15-18(9-13)30-17-6-4-14(24)10-16(17)19(15)25/h3-6,9-10,23-24H,11-12H2,1-2H3,(H,26,27). The van der Waals surface area contributed by atoms with Crippen LogP contribution in [0.15, 0.2) is 45.6 Å². The summed E-state index contributed by atoms with van der Waals surface area (Å²) in [5.41, 5.74) is -0.279. The first-order valence-corrected chi connectivity index (χ1v) is 9.18. The predicted molar refractivity (Wildman–Crippen MR) is 108 cm³/mol. The summed E-state index contributed by atoms with van der Waals surface area (Å²) in [6.45, 7) is 3.52. The van der Waals surface area contributed by atoms with Crippen LogP contribution in [0, 0.1) is 11.8 Å². The maximum Gasteiger partial charge on any atom is 0.406 e. The van der Waals surface area contributed by atoms with Crippen LogP contribution in [0.25, 0.3) is 21.9 Å². The molecule has 1 saturated heterocycles. The summed E-state index contributed by atoms with van der Waals surface area (Å²) in [4.78, 5) is 23.9. The molecule has 0 saturated carbocycles. The van der Waals surface area contributed by atoms with Gasteiger partial charge in [-0.1, -0.05) is 11.8 Å². The number of carbonyl (C=O) groups is 1. The number of phenolic OH excluding ortho intramolecular Hbond substituents is 1. The van der Waals surface area contributed by atoms with Crippen molar-refractivity contribution in [2.75, 3.05) is 13.2 Å². The smallest absolute Gasteiger partial charge is 0.406 e. The molecule has 0 atom stereocenters. The highest BCUT2D eigenvalue weighted by Gasteiger charge is 2.40. The molecule has 1 fully saturated rings. The Morgan fingerprint density at radius 3 is 2.50 bits per heavy atom. The molecule has 0 aliphatic carbocycles. The van der Waals surface area contributed by atoms with Crippen molar-refractivity contribution >= 4 is 28.0 Å². The minimum absolute atomic E-state index is 0.0204. The number of amides is 1. The third kappa shape index (κ3) is 3.81. The van der Waals surface area contributed by atoms with Crippen LogP contribution in [0.4, 0.5) is 4.79 Å². The van der Waals surface area contributed by atoms with E-state index in [1.165, 1.54) is 18.2 Å². The van der Waals surface area contributed by atoms with Gasteiger partial charge in [-0.3, -0.25) is 4.79 Å². The molecule has 2 heterocycles. The monoisotopic (exact) mass is 409 g/mol. The van der Waals surface area contributed by atoms with Crippen LogP contribution in [0.3, 0.4) is 0 Å². The number of nitrogens with one attached hydrogen (secondary N) is 1. The second-order valence-corrected chi connectivity index (χ2v) is 7.56. The minimum Gasteiger partial charge on any atom is -0.508 e. The van der Waals surface area contributed by atoms with Gasteiger partial charge >= 0.3 is 6.09 Å². The topological polar surface area (TPSA) is 118 Å². The third-order valence-corrected chi connectivity index (χ3v) is 4.78. The van der Waals surface area contributed by atoms with Gasteiger partial charge in [0.2, 0.25) is 5.43 Å². The summed E-state index contributed by atoms with van der Waals surface area (Å²) in [5, 5.41) is 21.8. The first-order valence-electron chi connectivity index (χ1n) is 9.18. The highest BCUT2D eigenvalue weighted by Crippen LogP contribution is 2.24. The van der Waals surface area contributed by atoms with Crippen molar-refractivity contribution in [1.82, 2.24) is 5.32 Å². The van der Waals surface area contributed by atoms with Crippen LogP contribution >= 0.6 is 0 Å². The molecule has 0 spiro atoms. The second-order valence-electron chi connectivity index (χ2n) is 7.56. The molecule has 8 nitrogen and oxygen atoms in total. The number of benzene rings is 2. The number of carboxylic acid groups (broad SMARTS) is 1. The van der Waals surface area contributed by atoms with Crippen LogP contribution in [-0.2, 0) is 9.47 Å². The van der Waals surface area contributed by atoms with E-state index in [1.807, 2.05) is 0 Å². The van der Waals surface area contributed by atoms with Gasteiger partial charge in [-0.05, 0) is 50.2 Å². The Balaban J connectivity index is 1.74. The molecule has 0 radical (unpaired) electrons. The van der Waals surface area contributed by atoms with Crippen molar-refractivity contribution in [2.45, 2.75) is 25.2 Å². The highest BCUT2D eigenvalue weighted by atomic mass is 16.7. The third-order valence-electron chi connectivity index (χ3n) is 4.78. The van der Waals surface area contributed by atoms with Gasteiger partial charge in [0, 0.05) is 5.56 Å². The Kier molecular flexibility index (Phi) is 4.65. The summed E-state index contributed by atoms with van der Waals surface area (Å²) in [5.74, 6) is 4.97. The van der Waals surface area contributed by atoms with Crippen LogP contribution in [0.5, 0.6) is 5.75 Å². The van der Waals surface area contributed by atoms with Crippen molar-refractivity contribution in [2.24, 2.45) is 0 Å². The number of hydrogen-bond acceptors (Lipinski definition) is 6. The van der Waals surface area contributed by atoms with Gasteiger partial charge in [-0.2, -0.15) is 0 Å². The SMILES string of the molecule is CC1(C)OCC(C#Cc2ccc3c(=O)c4cc(O)ccc4oc3c2)(NC(=O)O)CO1. The molecule has 1 aliphatic heterocycles. The Morgan fingerprint density at radius 1 is 1.07 bits per heavy atom. The molecule has 3 aromatic rings. The lowest BCUT2D eigenvalue weighted by molar-refractivity contribution is -0.262. The molecular formula is C22H19NO7. The summed E-state index contributed by atoms with van der Waals surface area (Å²) >= 11 is 0. The van der Waals surface area contributed by atoms with Crippen molar-refractivity contribution in [3.05, 3.63) is 52.2 Å². The number of ether oxygens (including phenoxy) is 2. The van der Waals surface area contributed by atoms with E-state index in [-0.39, 0.29) is 29.8 Å². The van der Waals surface area contributed by atoms with Gasteiger partial charge in [-0.25, -0.2) is 4.79 Å². The van der Waals surface area contributed by atoms with Crippen LogP contribution in [-0.4, -0.2) is 40.8 Å². The molecule has 4 rings (SSSR count). The van der Waals surface area contributed by atoms with Gasteiger partial charge in [0.15, 0.2) is 11.3 Å². The zero-order chi connectivity index (χ0) is 21.5. The van der Waals surface area contributed by atoms with Crippen molar-refractivity contribution in [3.8, 4) is 17.6 Å². The predicted octanol–water partition coefficient (Wildman–Crippen LogP) is 2.79. The van der Waals surface area contributed by atoms with E-state index in [9.17, 15) is 19.8 Å². The van der Waals surface area contributed by atoms with E-state index < -0.39 is 17.4 Å². The number of fused-ring (bicyclic) bond motifs is 2. The molecule has 8 heteroatoms. The van der Waals surface area contributed by atoms with Crippen molar-refractivity contribution in [1.29, 1.82) is 0 Å². The maximum atomic E-state index is 12.7. The average molecular weight is 409 g/mol. The lowest BCUT2D eigenvalue weighted by atomic mass is 10.00. The molecule has 30 heavy (non-hydrogen) atoms. The van der Waals surface area contributed by atoms with Crippen LogP contribution in [0.1, 0.15) is 19.4 Å². The maximum absolute atomic E-state index is 12.7. The Labute approximate surface area is 171 Å². The molecule has 0 unspecified atom stereocenters.